The van der Waals surface area contributed by atoms with Gasteiger partial charge in [0.2, 0.25) is 5.91 Å². The van der Waals surface area contributed by atoms with Crippen molar-refractivity contribution in [2.24, 2.45) is 5.92 Å². The van der Waals surface area contributed by atoms with E-state index in [4.69, 9.17) is 9.47 Å². The number of hydrogen-bond donors (Lipinski definition) is 2. The fraction of sp³-hybridized carbons (Fsp3) is 0.591. The number of aliphatic hydroxyl groups is 1. The van der Waals surface area contributed by atoms with Gasteiger partial charge in [-0.15, -0.1) is 0 Å². The molecule has 3 aliphatic heterocycles. The van der Waals surface area contributed by atoms with Crippen molar-refractivity contribution < 1.29 is 19.4 Å². The summed E-state index contributed by atoms with van der Waals surface area (Å²) in [5.41, 5.74) is 3.16. The Morgan fingerprint density at radius 3 is 2.72 bits per heavy atom. The highest BCUT2D eigenvalue weighted by Crippen LogP contribution is 2.48. The molecule has 2 aromatic rings. The Labute approximate surface area is 170 Å². The van der Waals surface area contributed by atoms with E-state index in [-0.39, 0.29) is 29.9 Å². The highest BCUT2D eigenvalue weighted by Gasteiger charge is 2.53. The molecule has 2 fully saturated rings. The van der Waals surface area contributed by atoms with Crippen LogP contribution in [0.3, 0.4) is 0 Å². The fourth-order valence-electron chi connectivity index (χ4n) is 5.66. The SMILES string of the molecule is COc1ccc2c3c([nH]c2c1)[C@H](CO)N(C(=O)C1CCOCC1)CC31CN(C)C1. The van der Waals surface area contributed by atoms with E-state index >= 15 is 0 Å². The molecule has 7 nitrogen and oxygen atoms in total. The molecule has 0 aliphatic carbocycles. The molecule has 156 valence electrons. The van der Waals surface area contributed by atoms with E-state index in [0.717, 1.165) is 42.9 Å². The summed E-state index contributed by atoms with van der Waals surface area (Å²) in [4.78, 5) is 21.2. The summed E-state index contributed by atoms with van der Waals surface area (Å²) in [6, 6.07) is 5.76. The third-order valence-corrected chi connectivity index (χ3v) is 6.92. The van der Waals surface area contributed by atoms with Crippen LogP contribution in [0, 0.1) is 5.92 Å². The summed E-state index contributed by atoms with van der Waals surface area (Å²) in [7, 11) is 3.78. The summed E-state index contributed by atoms with van der Waals surface area (Å²) >= 11 is 0. The lowest BCUT2D eigenvalue weighted by molar-refractivity contribution is -0.146. The number of benzene rings is 1. The Kier molecular flexibility index (Phi) is 4.57. The first-order valence-electron chi connectivity index (χ1n) is 10.4. The molecule has 1 spiro atoms. The van der Waals surface area contributed by atoms with Crippen LogP contribution in [0.15, 0.2) is 18.2 Å². The van der Waals surface area contributed by atoms with Crippen molar-refractivity contribution in [3.05, 3.63) is 29.5 Å². The lowest BCUT2D eigenvalue weighted by Crippen LogP contribution is -2.66. The molecular formula is C22H29N3O4. The number of aromatic nitrogens is 1. The van der Waals surface area contributed by atoms with Crippen molar-refractivity contribution in [1.29, 1.82) is 0 Å². The van der Waals surface area contributed by atoms with Crippen LogP contribution in [-0.4, -0.2) is 79.4 Å². The third kappa shape index (κ3) is 2.86. The predicted octanol–water partition coefficient (Wildman–Crippen LogP) is 1.66. The van der Waals surface area contributed by atoms with E-state index in [1.165, 1.54) is 10.9 Å². The normalized spacial score (nSPS) is 24.5. The maximum atomic E-state index is 13.5. The van der Waals surface area contributed by atoms with Gasteiger partial charge in [0, 0.05) is 66.8 Å². The number of aromatic amines is 1. The minimum absolute atomic E-state index is 0.0151. The zero-order valence-corrected chi connectivity index (χ0v) is 17.1. The van der Waals surface area contributed by atoms with Crippen molar-refractivity contribution in [2.75, 3.05) is 53.6 Å². The zero-order chi connectivity index (χ0) is 20.2. The van der Waals surface area contributed by atoms with Gasteiger partial charge in [-0.25, -0.2) is 0 Å². The number of ether oxygens (including phenoxy) is 2. The number of methoxy groups -OCH3 is 1. The Bertz CT molecular complexity index is 928. The molecule has 0 radical (unpaired) electrons. The first kappa shape index (κ1) is 18.9. The first-order valence-corrected chi connectivity index (χ1v) is 10.4. The molecule has 0 unspecified atom stereocenters. The smallest absolute Gasteiger partial charge is 0.226 e. The average molecular weight is 399 g/mol. The monoisotopic (exact) mass is 399 g/mol. The molecule has 7 heteroatoms. The summed E-state index contributed by atoms with van der Waals surface area (Å²) in [5.74, 6) is 0.938. The van der Waals surface area contributed by atoms with Crippen LogP contribution in [0.2, 0.25) is 0 Å². The molecule has 3 aliphatic rings. The number of likely N-dealkylation sites (tertiary alicyclic amines) is 1. The van der Waals surface area contributed by atoms with Crippen molar-refractivity contribution in [3.63, 3.8) is 0 Å². The van der Waals surface area contributed by atoms with Gasteiger partial charge in [0.1, 0.15) is 5.75 Å². The molecule has 4 heterocycles. The maximum absolute atomic E-state index is 13.5. The standard InChI is InChI=1S/C22H29N3O4/c1-24-11-22(12-24)13-25(21(27)14-5-7-29-8-6-14)18(10-26)20-19(22)16-4-3-15(28-2)9-17(16)23-20/h3-4,9,14,18,23,26H,5-8,10-13H2,1-2H3/t18-/m0/s1. The quantitative estimate of drug-likeness (QED) is 0.821. The lowest BCUT2D eigenvalue weighted by atomic mass is 9.68. The number of carbonyl (C=O) groups is 1. The fourth-order valence-corrected chi connectivity index (χ4v) is 5.66. The van der Waals surface area contributed by atoms with E-state index in [0.29, 0.717) is 19.8 Å². The predicted molar refractivity (Wildman–Crippen MR) is 109 cm³/mol. The molecule has 5 rings (SSSR count). The summed E-state index contributed by atoms with van der Waals surface area (Å²) in [5, 5.41) is 11.5. The molecule has 1 amide bonds. The highest BCUT2D eigenvalue weighted by atomic mass is 16.5. The molecule has 0 saturated carbocycles. The average Bonchev–Trinajstić information content (AvgIpc) is 3.11. The highest BCUT2D eigenvalue weighted by molar-refractivity contribution is 5.89. The van der Waals surface area contributed by atoms with Gasteiger partial charge < -0.3 is 29.4 Å². The van der Waals surface area contributed by atoms with Gasteiger partial charge in [0.05, 0.1) is 19.8 Å². The molecular weight excluding hydrogens is 370 g/mol. The van der Waals surface area contributed by atoms with Crippen LogP contribution in [0.1, 0.15) is 30.1 Å². The van der Waals surface area contributed by atoms with E-state index in [1.807, 2.05) is 17.0 Å². The molecule has 29 heavy (non-hydrogen) atoms. The summed E-state index contributed by atoms with van der Waals surface area (Å²) in [6.45, 7) is 3.67. The number of nitrogens with one attached hydrogen (secondary N) is 1. The van der Waals surface area contributed by atoms with Crippen LogP contribution < -0.4 is 4.74 Å². The topological polar surface area (TPSA) is 78.0 Å². The Balaban J connectivity index is 1.61. The van der Waals surface area contributed by atoms with Gasteiger partial charge in [-0.1, -0.05) is 0 Å². The second-order valence-corrected chi connectivity index (χ2v) is 8.83. The third-order valence-electron chi connectivity index (χ3n) is 6.92. The number of fused-ring (bicyclic) bond motifs is 4. The Morgan fingerprint density at radius 1 is 1.31 bits per heavy atom. The number of rotatable bonds is 3. The largest absolute Gasteiger partial charge is 0.497 e. The van der Waals surface area contributed by atoms with E-state index in [9.17, 15) is 9.90 Å². The van der Waals surface area contributed by atoms with Crippen molar-refractivity contribution in [3.8, 4) is 5.75 Å². The number of H-pyrrole nitrogens is 1. The van der Waals surface area contributed by atoms with Crippen LogP contribution in [0.4, 0.5) is 0 Å². The maximum Gasteiger partial charge on any atom is 0.226 e. The van der Waals surface area contributed by atoms with Gasteiger partial charge in [0.15, 0.2) is 0 Å². The number of nitrogens with zero attached hydrogens (tertiary/aromatic N) is 2. The minimum Gasteiger partial charge on any atom is -0.497 e. The lowest BCUT2D eigenvalue weighted by Gasteiger charge is -2.55. The first-order chi connectivity index (χ1) is 14.1. The second-order valence-electron chi connectivity index (χ2n) is 8.83. The van der Waals surface area contributed by atoms with Gasteiger partial charge in [-0.05, 0) is 37.6 Å². The van der Waals surface area contributed by atoms with E-state index in [2.05, 4.69) is 23.0 Å². The van der Waals surface area contributed by atoms with Crippen molar-refractivity contribution in [1.82, 2.24) is 14.8 Å². The van der Waals surface area contributed by atoms with Crippen LogP contribution >= 0.6 is 0 Å². The Morgan fingerprint density at radius 2 is 2.07 bits per heavy atom. The van der Waals surface area contributed by atoms with Gasteiger partial charge in [-0.3, -0.25) is 4.79 Å². The zero-order valence-electron chi connectivity index (χ0n) is 17.1. The molecule has 1 aromatic heterocycles. The number of hydrogen-bond acceptors (Lipinski definition) is 5. The minimum atomic E-state index is -0.338. The van der Waals surface area contributed by atoms with Crippen LogP contribution in [-0.2, 0) is 14.9 Å². The van der Waals surface area contributed by atoms with Crippen molar-refractivity contribution in [2.45, 2.75) is 24.3 Å². The molecule has 1 atom stereocenters. The second kappa shape index (κ2) is 7.00. The van der Waals surface area contributed by atoms with E-state index in [1.54, 1.807) is 7.11 Å². The summed E-state index contributed by atoms with van der Waals surface area (Å²) in [6.07, 6.45) is 1.52. The summed E-state index contributed by atoms with van der Waals surface area (Å²) < 4.78 is 10.9. The van der Waals surface area contributed by atoms with E-state index < -0.39 is 0 Å². The van der Waals surface area contributed by atoms with Crippen LogP contribution in [0.5, 0.6) is 5.75 Å². The molecule has 1 aromatic carbocycles. The van der Waals surface area contributed by atoms with Crippen LogP contribution in [0.25, 0.3) is 10.9 Å². The number of likely N-dealkylation sites (N-methyl/N-ethyl adjacent to an activating group) is 1. The van der Waals surface area contributed by atoms with Gasteiger partial charge >= 0.3 is 0 Å². The van der Waals surface area contributed by atoms with Crippen molar-refractivity contribution >= 4 is 16.8 Å². The number of aliphatic hydroxyl groups excluding tert-OH is 1. The number of carbonyl (C=O) groups excluding carboxylic acids is 1. The number of amides is 1. The van der Waals surface area contributed by atoms with Gasteiger partial charge in [-0.2, -0.15) is 0 Å². The van der Waals surface area contributed by atoms with Gasteiger partial charge in [0.25, 0.3) is 0 Å². The molecule has 2 saturated heterocycles. The molecule has 0 bridgehead atoms. The molecule has 2 N–H and O–H groups in total. The Hall–Kier alpha value is -2.09.